The van der Waals surface area contributed by atoms with Gasteiger partial charge in [0.15, 0.2) is 0 Å². The number of aliphatic carboxylic acids is 1. The minimum atomic E-state index is -1.08. The molecule has 0 aliphatic heterocycles. The number of phenolic OH excluding ortho intramolecular Hbond substituents is 1. The molecule has 1 aromatic rings. The number of hydrogen-bond acceptors (Lipinski definition) is 4. The number of nitrogens with two attached hydrogens (primary N) is 1. The molecule has 1 rings (SSSR count). The van der Waals surface area contributed by atoms with Crippen molar-refractivity contribution in [1.82, 2.24) is 4.90 Å². The van der Waals surface area contributed by atoms with Gasteiger partial charge >= 0.3 is 5.97 Å². The standard InChI is InChI=1S/C13H18N2O4/c1-8(13(18)19)15(2)12(17)11(14)7-9-3-5-10(16)6-4-9/h3-6,8,11,16H,7,14H2,1-2H3,(H,18,19)/t8?,11-/m0/s1. The van der Waals surface area contributed by atoms with E-state index in [0.717, 1.165) is 10.5 Å². The van der Waals surface area contributed by atoms with Crippen molar-refractivity contribution >= 4 is 11.9 Å². The van der Waals surface area contributed by atoms with Crippen LogP contribution in [-0.2, 0) is 16.0 Å². The maximum absolute atomic E-state index is 11.9. The summed E-state index contributed by atoms with van der Waals surface area (Å²) in [6.07, 6.45) is 0.287. The van der Waals surface area contributed by atoms with Gasteiger partial charge in [0.2, 0.25) is 5.91 Å². The zero-order valence-electron chi connectivity index (χ0n) is 10.9. The third kappa shape index (κ3) is 3.96. The third-order valence-electron chi connectivity index (χ3n) is 3.00. The monoisotopic (exact) mass is 266 g/mol. The molecule has 0 bridgehead atoms. The van der Waals surface area contributed by atoms with Gasteiger partial charge in [-0.1, -0.05) is 12.1 Å². The predicted molar refractivity (Wildman–Crippen MR) is 69.7 cm³/mol. The van der Waals surface area contributed by atoms with Crippen LogP contribution in [0.15, 0.2) is 24.3 Å². The summed E-state index contributed by atoms with van der Waals surface area (Å²) in [5.41, 5.74) is 6.58. The first-order chi connectivity index (χ1) is 8.82. The van der Waals surface area contributed by atoms with Crippen molar-refractivity contribution in [2.75, 3.05) is 7.05 Å². The molecule has 4 N–H and O–H groups in total. The molecular formula is C13H18N2O4. The van der Waals surface area contributed by atoms with Crippen molar-refractivity contribution < 1.29 is 19.8 Å². The molecule has 0 aromatic heterocycles. The molecule has 1 aromatic carbocycles. The zero-order chi connectivity index (χ0) is 14.6. The molecule has 0 radical (unpaired) electrons. The highest BCUT2D eigenvalue weighted by Gasteiger charge is 2.25. The second-order valence-electron chi connectivity index (χ2n) is 4.44. The van der Waals surface area contributed by atoms with E-state index in [9.17, 15) is 9.59 Å². The van der Waals surface area contributed by atoms with Gasteiger partial charge in [-0.3, -0.25) is 4.79 Å². The minimum Gasteiger partial charge on any atom is -0.508 e. The molecule has 0 fully saturated rings. The van der Waals surface area contributed by atoms with Gasteiger partial charge in [-0.25, -0.2) is 4.79 Å². The van der Waals surface area contributed by atoms with Crippen LogP contribution in [0.1, 0.15) is 12.5 Å². The molecule has 6 nitrogen and oxygen atoms in total. The molecule has 0 saturated carbocycles. The Morgan fingerprint density at radius 3 is 2.32 bits per heavy atom. The number of likely N-dealkylation sites (N-methyl/N-ethyl adjacent to an activating group) is 1. The quantitative estimate of drug-likeness (QED) is 0.706. The normalized spacial score (nSPS) is 13.6. The van der Waals surface area contributed by atoms with Gasteiger partial charge in [0.25, 0.3) is 0 Å². The summed E-state index contributed by atoms with van der Waals surface area (Å²) in [5, 5.41) is 18.0. The van der Waals surface area contributed by atoms with Gasteiger partial charge in [-0.2, -0.15) is 0 Å². The molecule has 0 heterocycles. The van der Waals surface area contributed by atoms with Crippen LogP contribution in [0.25, 0.3) is 0 Å². The van der Waals surface area contributed by atoms with Crippen molar-refractivity contribution in [3.05, 3.63) is 29.8 Å². The Bertz CT molecular complexity index is 458. The lowest BCUT2D eigenvalue weighted by atomic mass is 10.0. The first kappa shape index (κ1) is 15.0. The van der Waals surface area contributed by atoms with E-state index >= 15 is 0 Å². The Balaban J connectivity index is 2.67. The number of carboxylic acid groups (broad SMARTS) is 1. The molecule has 0 spiro atoms. The molecule has 0 aliphatic carbocycles. The van der Waals surface area contributed by atoms with Crippen LogP contribution < -0.4 is 5.73 Å². The largest absolute Gasteiger partial charge is 0.508 e. The lowest BCUT2D eigenvalue weighted by molar-refractivity contribution is -0.148. The Kier molecular flexibility index (Phi) is 4.88. The summed E-state index contributed by atoms with van der Waals surface area (Å²) in [4.78, 5) is 23.9. The second-order valence-corrected chi connectivity index (χ2v) is 4.44. The van der Waals surface area contributed by atoms with Gasteiger partial charge in [0.05, 0.1) is 6.04 Å². The molecule has 2 atom stereocenters. The smallest absolute Gasteiger partial charge is 0.326 e. The molecular weight excluding hydrogens is 248 g/mol. The van der Waals surface area contributed by atoms with E-state index in [4.69, 9.17) is 15.9 Å². The van der Waals surface area contributed by atoms with E-state index in [1.54, 1.807) is 12.1 Å². The molecule has 6 heteroatoms. The van der Waals surface area contributed by atoms with Crippen LogP contribution in [0, 0.1) is 0 Å². The van der Waals surface area contributed by atoms with E-state index in [0.29, 0.717) is 0 Å². The summed E-state index contributed by atoms with van der Waals surface area (Å²) < 4.78 is 0. The first-order valence-electron chi connectivity index (χ1n) is 5.86. The number of carbonyl (C=O) groups excluding carboxylic acids is 1. The lowest BCUT2D eigenvalue weighted by Crippen LogP contribution is -2.49. The van der Waals surface area contributed by atoms with E-state index < -0.39 is 24.0 Å². The number of hydrogen-bond donors (Lipinski definition) is 3. The van der Waals surface area contributed by atoms with Crippen LogP contribution in [0.3, 0.4) is 0 Å². The van der Waals surface area contributed by atoms with Crippen molar-refractivity contribution in [3.8, 4) is 5.75 Å². The minimum absolute atomic E-state index is 0.139. The molecule has 1 amide bonds. The molecule has 0 aliphatic rings. The fourth-order valence-electron chi connectivity index (χ4n) is 1.59. The van der Waals surface area contributed by atoms with Gasteiger partial charge < -0.3 is 20.8 Å². The Labute approximate surface area is 111 Å². The molecule has 104 valence electrons. The second kappa shape index (κ2) is 6.19. The van der Waals surface area contributed by atoms with E-state index in [1.807, 2.05) is 0 Å². The Morgan fingerprint density at radius 1 is 1.32 bits per heavy atom. The number of phenols is 1. The number of aromatic hydroxyl groups is 1. The highest BCUT2D eigenvalue weighted by molar-refractivity contribution is 5.86. The van der Waals surface area contributed by atoms with Gasteiger partial charge in [-0.05, 0) is 31.0 Å². The highest BCUT2D eigenvalue weighted by Crippen LogP contribution is 2.11. The number of nitrogens with zero attached hydrogens (tertiary/aromatic N) is 1. The number of carboxylic acids is 1. The number of rotatable bonds is 5. The van der Waals surface area contributed by atoms with Crippen LogP contribution in [0.5, 0.6) is 5.75 Å². The highest BCUT2D eigenvalue weighted by atomic mass is 16.4. The average Bonchev–Trinajstić information content (AvgIpc) is 2.38. The predicted octanol–water partition coefficient (Wildman–Crippen LogP) is 0.194. The van der Waals surface area contributed by atoms with E-state index in [2.05, 4.69) is 0 Å². The SMILES string of the molecule is CC(C(=O)O)N(C)C(=O)[C@@H](N)Cc1ccc(O)cc1. The number of carbonyl (C=O) groups is 2. The van der Waals surface area contributed by atoms with Gasteiger partial charge in [0, 0.05) is 7.05 Å². The molecule has 0 saturated heterocycles. The summed E-state index contributed by atoms with van der Waals surface area (Å²) in [6.45, 7) is 1.42. The fourth-order valence-corrected chi connectivity index (χ4v) is 1.59. The van der Waals surface area contributed by atoms with Crippen molar-refractivity contribution in [1.29, 1.82) is 0 Å². The third-order valence-corrected chi connectivity index (χ3v) is 3.00. The maximum atomic E-state index is 11.9. The fraction of sp³-hybridized carbons (Fsp3) is 0.385. The zero-order valence-corrected chi connectivity index (χ0v) is 10.9. The van der Waals surface area contributed by atoms with Gasteiger partial charge in [-0.15, -0.1) is 0 Å². The summed E-state index contributed by atoms with van der Waals surface area (Å²) in [7, 11) is 1.41. The van der Waals surface area contributed by atoms with Crippen molar-refractivity contribution in [3.63, 3.8) is 0 Å². The summed E-state index contributed by atoms with van der Waals surface area (Å²) in [6, 6.07) is 4.63. The Hall–Kier alpha value is -2.08. The summed E-state index contributed by atoms with van der Waals surface area (Å²) in [5.74, 6) is -1.36. The summed E-state index contributed by atoms with van der Waals surface area (Å²) >= 11 is 0. The van der Waals surface area contributed by atoms with Crippen LogP contribution in [0.2, 0.25) is 0 Å². The van der Waals surface area contributed by atoms with E-state index in [1.165, 1.54) is 26.1 Å². The van der Waals surface area contributed by atoms with Crippen molar-refractivity contribution in [2.24, 2.45) is 5.73 Å². The molecule has 1 unspecified atom stereocenters. The van der Waals surface area contributed by atoms with E-state index in [-0.39, 0.29) is 12.2 Å². The van der Waals surface area contributed by atoms with Gasteiger partial charge in [0.1, 0.15) is 11.8 Å². The van der Waals surface area contributed by atoms with Crippen molar-refractivity contribution in [2.45, 2.75) is 25.4 Å². The van der Waals surface area contributed by atoms with Crippen LogP contribution in [0.4, 0.5) is 0 Å². The topological polar surface area (TPSA) is 104 Å². The number of benzene rings is 1. The average molecular weight is 266 g/mol. The first-order valence-corrected chi connectivity index (χ1v) is 5.86. The Morgan fingerprint density at radius 2 is 1.84 bits per heavy atom. The van der Waals surface area contributed by atoms with Crippen LogP contribution in [-0.4, -0.2) is 46.1 Å². The van der Waals surface area contributed by atoms with Crippen LogP contribution >= 0.6 is 0 Å². The maximum Gasteiger partial charge on any atom is 0.326 e. The lowest BCUT2D eigenvalue weighted by Gasteiger charge is -2.24. The number of amides is 1. The molecule has 19 heavy (non-hydrogen) atoms.